The molecule has 1 atom stereocenters. The summed E-state index contributed by atoms with van der Waals surface area (Å²) in [6, 6.07) is 16.6. The molecule has 3 aromatic rings. The van der Waals surface area contributed by atoms with Gasteiger partial charge in [-0.25, -0.2) is 9.82 Å². The molecule has 0 unspecified atom stereocenters. The minimum atomic E-state index is -0.996. The van der Waals surface area contributed by atoms with Gasteiger partial charge < -0.3 is 10.4 Å². The SMILES string of the molecule is O=C(N/N=C/c1ccc(F)cc1)[C@@H](Nc1cc([N+](=O)[O-])ccc1O)c1ccccc1. The molecule has 9 heteroatoms. The summed E-state index contributed by atoms with van der Waals surface area (Å²) in [5.41, 5.74) is 3.30. The Balaban J connectivity index is 1.82. The summed E-state index contributed by atoms with van der Waals surface area (Å²) in [4.78, 5) is 23.2. The molecule has 0 bridgehead atoms. The van der Waals surface area contributed by atoms with Crippen molar-refractivity contribution in [3.8, 4) is 5.75 Å². The molecule has 0 aliphatic rings. The number of carbonyl (C=O) groups is 1. The Morgan fingerprint density at radius 3 is 2.47 bits per heavy atom. The molecule has 0 spiro atoms. The minimum Gasteiger partial charge on any atom is -0.506 e. The number of amides is 1. The number of nitro benzene ring substituents is 1. The van der Waals surface area contributed by atoms with E-state index in [1.807, 2.05) is 0 Å². The smallest absolute Gasteiger partial charge is 0.271 e. The van der Waals surface area contributed by atoms with Crippen molar-refractivity contribution < 1.29 is 19.2 Å². The molecule has 1 amide bonds. The van der Waals surface area contributed by atoms with Crippen molar-refractivity contribution in [2.75, 3.05) is 5.32 Å². The van der Waals surface area contributed by atoms with E-state index >= 15 is 0 Å². The topological polar surface area (TPSA) is 117 Å². The number of hydrazone groups is 1. The summed E-state index contributed by atoms with van der Waals surface area (Å²) in [6.45, 7) is 0. The number of anilines is 1. The third kappa shape index (κ3) is 5.16. The first-order valence-electron chi connectivity index (χ1n) is 8.81. The molecule has 3 N–H and O–H groups in total. The molecule has 0 aliphatic carbocycles. The Labute approximate surface area is 170 Å². The van der Waals surface area contributed by atoms with Gasteiger partial charge in [0.1, 0.15) is 17.6 Å². The molecule has 0 saturated carbocycles. The maximum absolute atomic E-state index is 13.0. The summed E-state index contributed by atoms with van der Waals surface area (Å²) in [5.74, 6) is -1.20. The fourth-order valence-electron chi connectivity index (χ4n) is 2.64. The maximum Gasteiger partial charge on any atom is 0.271 e. The van der Waals surface area contributed by atoms with Crippen molar-refractivity contribution in [2.24, 2.45) is 5.10 Å². The number of phenolic OH excluding ortho intramolecular Hbond substituents is 1. The van der Waals surface area contributed by atoms with Crippen LogP contribution in [0.25, 0.3) is 0 Å². The van der Waals surface area contributed by atoms with Gasteiger partial charge in [-0.1, -0.05) is 42.5 Å². The lowest BCUT2D eigenvalue weighted by molar-refractivity contribution is -0.384. The van der Waals surface area contributed by atoms with Crippen molar-refractivity contribution in [2.45, 2.75) is 6.04 Å². The van der Waals surface area contributed by atoms with E-state index in [1.165, 1.54) is 36.5 Å². The normalized spacial score (nSPS) is 11.8. The first-order chi connectivity index (χ1) is 14.4. The highest BCUT2D eigenvalue weighted by Gasteiger charge is 2.22. The quantitative estimate of drug-likeness (QED) is 0.238. The van der Waals surface area contributed by atoms with Gasteiger partial charge in [0, 0.05) is 12.1 Å². The molecule has 0 saturated heterocycles. The van der Waals surface area contributed by atoms with Crippen LogP contribution in [0.4, 0.5) is 15.8 Å². The molecule has 0 aliphatic heterocycles. The van der Waals surface area contributed by atoms with E-state index in [1.54, 1.807) is 30.3 Å². The number of nitrogens with one attached hydrogen (secondary N) is 2. The lowest BCUT2D eigenvalue weighted by Crippen LogP contribution is -2.30. The van der Waals surface area contributed by atoms with Crippen LogP contribution in [-0.2, 0) is 4.79 Å². The summed E-state index contributed by atoms with van der Waals surface area (Å²) in [5, 5.41) is 27.8. The number of hydrogen-bond donors (Lipinski definition) is 3. The number of halogens is 1. The van der Waals surface area contributed by atoms with E-state index in [2.05, 4.69) is 15.8 Å². The van der Waals surface area contributed by atoms with Gasteiger partial charge in [-0.05, 0) is 29.3 Å². The Morgan fingerprint density at radius 1 is 1.10 bits per heavy atom. The van der Waals surface area contributed by atoms with Crippen LogP contribution in [0.1, 0.15) is 17.2 Å². The van der Waals surface area contributed by atoms with Gasteiger partial charge in [0.05, 0.1) is 16.8 Å². The van der Waals surface area contributed by atoms with E-state index in [4.69, 9.17) is 0 Å². The average Bonchev–Trinajstić information content (AvgIpc) is 2.75. The van der Waals surface area contributed by atoms with Crippen LogP contribution in [0.2, 0.25) is 0 Å². The van der Waals surface area contributed by atoms with Crippen molar-refractivity contribution in [3.63, 3.8) is 0 Å². The van der Waals surface area contributed by atoms with Crippen LogP contribution >= 0.6 is 0 Å². The van der Waals surface area contributed by atoms with Crippen LogP contribution in [0, 0.1) is 15.9 Å². The first kappa shape index (κ1) is 20.5. The van der Waals surface area contributed by atoms with E-state index in [0.717, 1.165) is 12.1 Å². The second-order valence-corrected chi connectivity index (χ2v) is 6.23. The number of rotatable bonds is 7. The van der Waals surface area contributed by atoms with Gasteiger partial charge in [-0.15, -0.1) is 0 Å². The number of nitrogens with zero attached hydrogens (tertiary/aromatic N) is 2. The second kappa shape index (κ2) is 9.28. The fraction of sp³-hybridized carbons (Fsp3) is 0.0476. The standard InChI is InChI=1S/C21H17FN4O4/c22-16-8-6-14(7-9-16)13-23-25-21(28)20(15-4-2-1-3-5-15)24-18-12-17(26(29)30)10-11-19(18)27/h1-13,20,24,27H,(H,25,28)/b23-13+/t20-/m0/s1. The molecule has 0 radical (unpaired) electrons. The fourth-order valence-corrected chi connectivity index (χ4v) is 2.64. The largest absolute Gasteiger partial charge is 0.506 e. The molecular weight excluding hydrogens is 391 g/mol. The summed E-state index contributed by atoms with van der Waals surface area (Å²) in [6.07, 6.45) is 1.35. The van der Waals surface area contributed by atoms with Crippen LogP contribution in [-0.4, -0.2) is 22.2 Å². The van der Waals surface area contributed by atoms with E-state index in [0.29, 0.717) is 11.1 Å². The zero-order valence-electron chi connectivity index (χ0n) is 15.5. The monoisotopic (exact) mass is 408 g/mol. The lowest BCUT2D eigenvalue weighted by atomic mass is 10.1. The second-order valence-electron chi connectivity index (χ2n) is 6.23. The highest BCUT2D eigenvalue weighted by Crippen LogP contribution is 2.31. The Hall–Kier alpha value is -4.27. The summed E-state index contributed by atoms with van der Waals surface area (Å²) < 4.78 is 13.0. The number of carbonyl (C=O) groups excluding carboxylic acids is 1. The molecule has 30 heavy (non-hydrogen) atoms. The molecule has 152 valence electrons. The number of aromatic hydroxyl groups is 1. The van der Waals surface area contributed by atoms with Crippen LogP contribution < -0.4 is 10.7 Å². The van der Waals surface area contributed by atoms with E-state index in [-0.39, 0.29) is 22.9 Å². The van der Waals surface area contributed by atoms with Crippen LogP contribution in [0.15, 0.2) is 77.9 Å². The van der Waals surface area contributed by atoms with Gasteiger partial charge in [-0.3, -0.25) is 14.9 Å². The first-order valence-corrected chi connectivity index (χ1v) is 8.81. The van der Waals surface area contributed by atoms with Crippen molar-refractivity contribution in [1.29, 1.82) is 0 Å². The number of phenols is 1. The highest BCUT2D eigenvalue weighted by atomic mass is 19.1. The minimum absolute atomic E-state index is 0.0238. The van der Waals surface area contributed by atoms with Gasteiger partial charge >= 0.3 is 0 Å². The van der Waals surface area contributed by atoms with Gasteiger partial charge in [0.25, 0.3) is 11.6 Å². The zero-order valence-corrected chi connectivity index (χ0v) is 15.5. The maximum atomic E-state index is 13.0. The number of nitro groups is 1. The lowest BCUT2D eigenvalue weighted by Gasteiger charge is -2.19. The van der Waals surface area contributed by atoms with Crippen LogP contribution in [0.3, 0.4) is 0 Å². The molecular formula is C21H17FN4O4. The van der Waals surface area contributed by atoms with Gasteiger partial charge in [0.15, 0.2) is 0 Å². The van der Waals surface area contributed by atoms with Gasteiger partial charge in [-0.2, -0.15) is 5.10 Å². The average molecular weight is 408 g/mol. The summed E-state index contributed by atoms with van der Waals surface area (Å²) >= 11 is 0. The van der Waals surface area contributed by atoms with Crippen molar-refractivity contribution in [1.82, 2.24) is 5.43 Å². The van der Waals surface area contributed by atoms with Crippen molar-refractivity contribution in [3.05, 3.63) is 99.9 Å². The number of benzene rings is 3. The predicted octanol–water partition coefficient (Wildman–Crippen LogP) is 3.74. The number of hydrogen-bond acceptors (Lipinski definition) is 6. The zero-order chi connectivity index (χ0) is 21.5. The van der Waals surface area contributed by atoms with E-state index in [9.17, 15) is 24.4 Å². The third-order valence-electron chi connectivity index (χ3n) is 4.14. The van der Waals surface area contributed by atoms with Crippen molar-refractivity contribution >= 4 is 23.5 Å². The Kier molecular flexibility index (Phi) is 6.33. The Morgan fingerprint density at radius 2 is 1.80 bits per heavy atom. The number of non-ortho nitro benzene ring substituents is 1. The highest BCUT2D eigenvalue weighted by molar-refractivity contribution is 5.88. The molecule has 3 rings (SSSR count). The van der Waals surface area contributed by atoms with Crippen LogP contribution in [0.5, 0.6) is 5.75 Å². The van der Waals surface area contributed by atoms with Gasteiger partial charge in [0.2, 0.25) is 0 Å². The Bertz CT molecular complexity index is 1070. The van der Waals surface area contributed by atoms with E-state index < -0.39 is 16.9 Å². The molecule has 0 heterocycles. The summed E-state index contributed by atoms with van der Waals surface area (Å²) in [7, 11) is 0. The predicted molar refractivity (Wildman–Crippen MR) is 110 cm³/mol. The third-order valence-corrected chi connectivity index (χ3v) is 4.14. The molecule has 3 aromatic carbocycles. The molecule has 0 aromatic heterocycles. The molecule has 8 nitrogen and oxygen atoms in total. The molecule has 0 fully saturated rings.